The zero-order valence-electron chi connectivity index (χ0n) is 15.5. The maximum atomic E-state index is 13.1. The maximum Gasteiger partial charge on any atom is 0.416 e. The number of carbonyl (C=O) groups excluding carboxylic acids is 1. The molecule has 2 aliphatic rings. The standard InChI is InChI=1S/C20H16F3N5O2/c21-20(22,23)12-5-3-10(4-6-12)17-16-13(25-19-26-18(24)27-28(17)19)8-11(9-14(16)29)15-2-1-7-30-15/h1-7,11,17H,8-9H2,(H3,24,25,26,27)/t11-,17-/m1/s1. The van der Waals surface area contributed by atoms with Crippen molar-refractivity contribution in [2.45, 2.75) is 31.0 Å². The summed E-state index contributed by atoms with van der Waals surface area (Å²) < 4.78 is 45.9. The molecule has 0 saturated heterocycles. The largest absolute Gasteiger partial charge is 0.469 e. The van der Waals surface area contributed by atoms with Gasteiger partial charge in [-0.1, -0.05) is 12.1 Å². The number of hydrogen-bond donors (Lipinski definition) is 2. The number of anilines is 2. The van der Waals surface area contributed by atoms with E-state index in [-0.39, 0.29) is 24.1 Å². The zero-order chi connectivity index (χ0) is 21.0. The van der Waals surface area contributed by atoms with Crippen LogP contribution in [0.25, 0.3) is 0 Å². The topological polar surface area (TPSA) is 99.0 Å². The third-order valence-electron chi connectivity index (χ3n) is 5.44. The second-order valence-electron chi connectivity index (χ2n) is 7.32. The minimum Gasteiger partial charge on any atom is -0.469 e. The van der Waals surface area contributed by atoms with Gasteiger partial charge in [0.2, 0.25) is 11.9 Å². The van der Waals surface area contributed by atoms with Gasteiger partial charge >= 0.3 is 6.18 Å². The summed E-state index contributed by atoms with van der Waals surface area (Å²) in [7, 11) is 0. The third kappa shape index (κ3) is 2.95. The van der Waals surface area contributed by atoms with Gasteiger partial charge in [-0.3, -0.25) is 4.79 Å². The fourth-order valence-electron chi connectivity index (χ4n) is 4.12. The Morgan fingerprint density at radius 2 is 1.93 bits per heavy atom. The summed E-state index contributed by atoms with van der Waals surface area (Å²) in [5.74, 6) is 0.774. The predicted molar refractivity (Wildman–Crippen MR) is 100 cm³/mol. The third-order valence-corrected chi connectivity index (χ3v) is 5.44. The summed E-state index contributed by atoms with van der Waals surface area (Å²) >= 11 is 0. The number of nitrogens with two attached hydrogens (primary N) is 1. The van der Waals surface area contributed by atoms with Crippen molar-refractivity contribution < 1.29 is 22.4 Å². The second kappa shape index (κ2) is 6.48. The number of ketones is 1. The van der Waals surface area contributed by atoms with Crippen LogP contribution in [0, 0.1) is 0 Å². The fraction of sp³-hybridized carbons (Fsp3) is 0.250. The smallest absolute Gasteiger partial charge is 0.416 e. The molecule has 2 aromatic heterocycles. The number of fused-ring (bicyclic) bond motifs is 1. The average Bonchev–Trinajstić information content (AvgIpc) is 3.34. The molecule has 1 aliphatic carbocycles. The molecule has 0 fully saturated rings. The SMILES string of the molecule is Nc1nc2n(n1)[C@H](c1ccc(C(F)(F)F)cc1)C1=C(C[C@@H](c3ccco3)CC1=O)N2. The lowest BCUT2D eigenvalue weighted by atomic mass is 9.79. The molecule has 1 aliphatic heterocycles. The molecule has 1 aromatic carbocycles. The summed E-state index contributed by atoms with van der Waals surface area (Å²) in [6, 6.07) is 7.58. The van der Waals surface area contributed by atoms with Crippen molar-refractivity contribution in [1.82, 2.24) is 14.8 Å². The van der Waals surface area contributed by atoms with E-state index in [0.717, 1.165) is 12.1 Å². The Morgan fingerprint density at radius 1 is 1.17 bits per heavy atom. The van der Waals surface area contributed by atoms with Crippen molar-refractivity contribution >= 4 is 17.7 Å². The lowest BCUT2D eigenvalue weighted by Crippen LogP contribution is -2.33. The Morgan fingerprint density at radius 3 is 2.60 bits per heavy atom. The number of benzene rings is 1. The van der Waals surface area contributed by atoms with E-state index < -0.39 is 17.8 Å². The first-order valence-corrected chi connectivity index (χ1v) is 9.27. The molecule has 2 atom stereocenters. The van der Waals surface area contributed by atoms with Crippen molar-refractivity contribution in [2.24, 2.45) is 0 Å². The van der Waals surface area contributed by atoms with Crippen LogP contribution < -0.4 is 11.1 Å². The van der Waals surface area contributed by atoms with E-state index in [2.05, 4.69) is 15.4 Å². The molecule has 0 amide bonds. The van der Waals surface area contributed by atoms with E-state index in [9.17, 15) is 18.0 Å². The summed E-state index contributed by atoms with van der Waals surface area (Å²) in [4.78, 5) is 17.3. The number of Topliss-reactive ketones (excluding diaryl/α,β-unsaturated/α-hetero) is 1. The number of halogens is 3. The van der Waals surface area contributed by atoms with Gasteiger partial charge in [-0.05, 0) is 36.2 Å². The van der Waals surface area contributed by atoms with E-state index >= 15 is 0 Å². The van der Waals surface area contributed by atoms with Crippen LogP contribution in [0.15, 0.2) is 58.3 Å². The van der Waals surface area contributed by atoms with Crippen LogP contribution in [0.5, 0.6) is 0 Å². The van der Waals surface area contributed by atoms with Gasteiger partial charge in [0.15, 0.2) is 5.78 Å². The Hall–Kier alpha value is -3.56. The van der Waals surface area contributed by atoms with Crippen LogP contribution in [0.4, 0.5) is 25.1 Å². The summed E-state index contributed by atoms with van der Waals surface area (Å²) in [5.41, 5.74) is 6.59. The van der Waals surface area contributed by atoms with Crippen LogP contribution in [-0.4, -0.2) is 20.5 Å². The zero-order valence-corrected chi connectivity index (χ0v) is 15.5. The highest BCUT2D eigenvalue weighted by atomic mass is 19.4. The Bertz CT molecular complexity index is 1150. The number of nitrogens with zero attached hydrogens (tertiary/aromatic N) is 3. The van der Waals surface area contributed by atoms with Crippen molar-refractivity contribution in [3.8, 4) is 0 Å². The van der Waals surface area contributed by atoms with Crippen LogP contribution in [0.2, 0.25) is 0 Å². The number of furan rings is 1. The maximum absolute atomic E-state index is 13.1. The molecule has 3 aromatic rings. The van der Waals surface area contributed by atoms with Gasteiger partial charge in [-0.15, -0.1) is 5.10 Å². The Balaban J connectivity index is 1.60. The highest BCUT2D eigenvalue weighted by Gasteiger charge is 2.40. The molecule has 30 heavy (non-hydrogen) atoms. The molecule has 0 unspecified atom stereocenters. The highest BCUT2D eigenvalue weighted by molar-refractivity contribution is 6.00. The number of carbonyl (C=O) groups is 1. The van der Waals surface area contributed by atoms with E-state index in [1.54, 1.807) is 12.3 Å². The number of nitrogens with one attached hydrogen (secondary N) is 1. The molecule has 3 heterocycles. The average molecular weight is 415 g/mol. The molecule has 0 radical (unpaired) electrons. The number of alkyl halides is 3. The van der Waals surface area contributed by atoms with E-state index in [1.807, 2.05) is 6.07 Å². The number of allylic oxidation sites excluding steroid dienone is 2. The van der Waals surface area contributed by atoms with Gasteiger partial charge in [0.05, 0.1) is 11.8 Å². The number of aromatic nitrogens is 3. The summed E-state index contributed by atoms with van der Waals surface area (Å²) in [6.45, 7) is 0. The minimum atomic E-state index is -4.45. The molecule has 0 saturated carbocycles. The monoisotopic (exact) mass is 415 g/mol. The van der Waals surface area contributed by atoms with Crippen molar-refractivity contribution in [1.29, 1.82) is 0 Å². The first kappa shape index (κ1) is 18.5. The lowest BCUT2D eigenvalue weighted by Gasteiger charge is -2.34. The first-order chi connectivity index (χ1) is 14.3. The fourth-order valence-corrected chi connectivity index (χ4v) is 4.12. The quantitative estimate of drug-likeness (QED) is 0.659. The number of rotatable bonds is 2. The van der Waals surface area contributed by atoms with Gasteiger partial charge in [0, 0.05) is 23.6 Å². The molecule has 10 heteroatoms. The van der Waals surface area contributed by atoms with Gasteiger partial charge in [0.25, 0.3) is 0 Å². The molecule has 5 rings (SSSR count). The summed E-state index contributed by atoms with van der Waals surface area (Å²) in [5, 5.41) is 7.29. The van der Waals surface area contributed by atoms with Crippen molar-refractivity contribution in [3.63, 3.8) is 0 Å². The molecule has 3 N–H and O–H groups in total. The number of hydrogen-bond acceptors (Lipinski definition) is 6. The van der Waals surface area contributed by atoms with Crippen molar-refractivity contribution in [3.05, 3.63) is 70.8 Å². The summed E-state index contributed by atoms with van der Waals surface area (Å²) in [6.07, 6.45) is -2.17. The van der Waals surface area contributed by atoms with Crippen LogP contribution in [0.1, 0.15) is 41.7 Å². The van der Waals surface area contributed by atoms with Gasteiger partial charge < -0.3 is 15.5 Å². The van der Waals surface area contributed by atoms with E-state index in [4.69, 9.17) is 10.2 Å². The Kier molecular flexibility index (Phi) is 3.99. The van der Waals surface area contributed by atoms with Crippen LogP contribution in [0.3, 0.4) is 0 Å². The number of nitrogen functional groups attached to an aromatic ring is 1. The normalized spacial score (nSPS) is 21.2. The highest BCUT2D eigenvalue weighted by Crippen LogP contribution is 2.44. The molecular formula is C20H16F3N5O2. The molecule has 154 valence electrons. The predicted octanol–water partition coefficient (Wildman–Crippen LogP) is 3.89. The molecule has 0 bridgehead atoms. The molecule has 0 spiro atoms. The van der Waals surface area contributed by atoms with E-state index in [0.29, 0.717) is 35.0 Å². The van der Waals surface area contributed by atoms with E-state index in [1.165, 1.54) is 16.8 Å². The van der Waals surface area contributed by atoms with Crippen LogP contribution in [-0.2, 0) is 11.0 Å². The molecule has 7 nitrogen and oxygen atoms in total. The molecular weight excluding hydrogens is 399 g/mol. The van der Waals surface area contributed by atoms with Crippen molar-refractivity contribution in [2.75, 3.05) is 11.1 Å². The Labute approximate surface area is 168 Å². The minimum absolute atomic E-state index is 0.00397. The lowest BCUT2D eigenvalue weighted by molar-refractivity contribution is -0.137. The second-order valence-corrected chi connectivity index (χ2v) is 7.32. The first-order valence-electron chi connectivity index (χ1n) is 9.27. The van der Waals surface area contributed by atoms with Gasteiger partial charge in [-0.25, -0.2) is 4.68 Å². The van der Waals surface area contributed by atoms with Gasteiger partial charge in [0.1, 0.15) is 11.8 Å². The van der Waals surface area contributed by atoms with Crippen LogP contribution >= 0.6 is 0 Å². The van der Waals surface area contributed by atoms with Gasteiger partial charge in [-0.2, -0.15) is 18.2 Å².